The molecular weight excluding hydrogens is 703 g/mol. The molecule has 4 N–H and O–H groups in total. The van der Waals surface area contributed by atoms with Gasteiger partial charge in [0.2, 0.25) is 0 Å². The molecule has 2 aromatic heterocycles. The summed E-state index contributed by atoms with van der Waals surface area (Å²) in [5, 5.41) is 47.1. The number of hydrogen-bond acceptors (Lipinski definition) is 8. The van der Waals surface area contributed by atoms with Gasteiger partial charge in [-0.3, -0.25) is 9.59 Å². The smallest absolute Gasteiger partial charge is 0.309 e. The van der Waals surface area contributed by atoms with Gasteiger partial charge in [0, 0.05) is 34.3 Å². The first-order chi connectivity index (χ1) is 24.6. The molecule has 12 nitrogen and oxygen atoms in total. The minimum Gasteiger partial charge on any atom is -0.505 e. The molecule has 2 heterocycles. The molecular formula is C38H40Cl2N8O4. The summed E-state index contributed by atoms with van der Waals surface area (Å²) in [5.74, 6) is -2.11. The second-order valence-corrected chi connectivity index (χ2v) is 15.0. The van der Waals surface area contributed by atoms with Crippen LogP contribution in [0.1, 0.15) is 76.6 Å². The summed E-state index contributed by atoms with van der Waals surface area (Å²) >= 11 is 12.3. The van der Waals surface area contributed by atoms with Crippen LogP contribution in [0, 0.1) is 0 Å². The maximum atomic E-state index is 13.1. The number of aromatic hydroxyl groups is 2. The molecule has 4 aromatic carbocycles. The molecule has 2 amide bonds. The summed E-state index contributed by atoms with van der Waals surface area (Å²) in [4.78, 5) is 28.9. The fourth-order valence-electron chi connectivity index (χ4n) is 5.62. The number of aromatic nitrogens is 6. The molecule has 270 valence electrons. The van der Waals surface area contributed by atoms with Gasteiger partial charge in [-0.15, -0.1) is 30.0 Å². The van der Waals surface area contributed by atoms with Crippen molar-refractivity contribution in [2.45, 2.75) is 78.3 Å². The average Bonchev–Trinajstić information content (AvgIpc) is 3.73. The summed E-state index contributed by atoms with van der Waals surface area (Å²) in [7, 11) is 0. The quantitative estimate of drug-likeness (QED) is 0.107. The van der Waals surface area contributed by atoms with Crippen LogP contribution in [0.4, 0.5) is 0 Å². The van der Waals surface area contributed by atoms with Crippen LogP contribution in [0.2, 0.25) is 10.0 Å². The Bertz CT molecular complexity index is 2180. The topological polar surface area (TPSA) is 160 Å². The molecule has 0 saturated carbocycles. The molecule has 0 aliphatic heterocycles. The van der Waals surface area contributed by atoms with Crippen molar-refractivity contribution >= 4 is 57.1 Å². The highest BCUT2D eigenvalue weighted by molar-refractivity contribution is 6.35. The molecule has 0 bridgehead atoms. The number of carbonyl (C=O) groups is 2. The van der Waals surface area contributed by atoms with Crippen LogP contribution < -0.4 is 10.6 Å². The lowest BCUT2D eigenvalue weighted by molar-refractivity contribution is -0.139. The minimum absolute atomic E-state index is 0.141. The van der Waals surface area contributed by atoms with E-state index in [0.29, 0.717) is 54.6 Å². The lowest BCUT2D eigenvalue weighted by atomic mass is 9.81. The van der Waals surface area contributed by atoms with Crippen LogP contribution in [0.5, 0.6) is 11.5 Å². The Balaban J connectivity index is 1.24. The van der Waals surface area contributed by atoms with Gasteiger partial charge in [0.25, 0.3) is 0 Å². The van der Waals surface area contributed by atoms with Gasteiger partial charge in [0.15, 0.2) is 0 Å². The zero-order valence-electron chi connectivity index (χ0n) is 29.8. The first kappa shape index (κ1) is 36.6. The van der Waals surface area contributed by atoms with E-state index in [9.17, 15) is 19.8 Å². The summed E-state index contributed by atoms with van der Waals surface area (Å²) < 4.78 is 0. The molecule has 0 radical (unpaired) electrons. The Labute approximate surface area is 310 Å². The van der Waals surface area contributed by atoms with Crippen molar-refractivity contribution in [3.63, 3.8) is 0 Å². The number of fused-ring (bicyclic) bond motifs is 2. The molecule has 6 aromatic rings. The fourth-order valence-corrected chi connectivity index (χ4v) is 5.96. The van der Waals surface area contributed by atoms with Crippen molar-refractivity contribution < 1.29 is 19.8 Å². The molecule has 52 heavy (non-hydrogen) atoms. The summed E-state index contributed by atoms with van der Waals surface area (Å²) in [5.41, 5.74) is 4.90. The zero-order valence-corrected chi connectivity index (χ0v) is 31.3. The van der Waals surface area contributed by atoms with Crippen molar-refractivity contribution in [2.75, 3.05) is 0 Å². The Morgan fingerprint density at radius 1 is 0.615 bits per heavy atom. The Kier molecular flexibility index (Phi) is 9.91. The number of phenolic OH excluding ortho intramolecular Hbond substituents is 2. The highest BCUT2D eigenvalue weighted by Gasteiger charge is 2.26. The number of nitrogens with zero attached hydrogens (tertiary/aromatic N) is 6. The zero-order chi connectivity index (χ0) is 37.5. The van der Waals surface area contributed by atoms with Crippen LogP contribution in [0.25, 0.3) is 33.4 Å². The van der Waals surface area contributed by atoms with Crippen molar-refractivity contribution in [1.29, 1.82) is 0 Å². The van der Waals surface area contributed by atoms with E-state index in [1.54, 1.807) is 36.4 Å². The summed E-state index contributed by atoms with van der Waals surface area (Å²) in [6.45, 7) is 12.1. The van der Waals surface area contributed by atoms with Gasteiger partial charge in [-0.05, 0) is 95.5 Å². The summed E-state index contributed by atoms with van der Waals surface area (Å²) in [6, 6.07) is 17.5. The highest BCUT2D eigenvalue weighted by atomic mass is 35.5. The van der Waals surface area contributed by atoms with E-state index in [1.807, 2.05) is 24.3 Å². The second-order valence-electron chi connectivity index (χ2n) is 14.1. The van der Waals surface area contributed by atoms with Crippen LogP contribution in [0.3, 0.4) is 0 Å². The lowest BCUT2D eigenvalue weighted by Gasteiger charge is -2.25. The van der Waals surface area contributed by atoms with Crippen molar-refractivity contribution in [3.05, 3.63) is 93.0 Å². The average molecular weight is 744 g/mol. The van der Waals surface area contributed by atoms with E-state index < -0.39 is 11.8 Å². The van der Waals surface area contributed by atoms with Crippen molar-refractivity contribution in [2.24, 2.45) is 0 Å². The lowest BCUT2D eigenvalue weighted by Crippen LogP contribution is -2.39. The molecule has 0 unspecified atom stereocenters. The number of rotatable bonds is 10. The number of nitrogens with one attached hydrogen (secondary N) is 2. The third-order valence-corrected chi connectivity index (χ3v) is 10.3. The Hall–Kier alpha value is -5.20. The predicted octanol–water partition coefficient (Wildman–Crippen LogP) is 7.18. The first-order valence-corrected chi connectivity index (χ1v) is 17.7. The van der Waals surface area contributed by atoms with Gasteiger partial charge in [-0.2, -0.15) is 0 Å². The highest BCUT2D eigenvalue weighted by Crippen LogP contribution is 2.37. The van der Waals surface area contributed by atoms with E-state index in [-0.39, 0.29) is 35.4 Å². The van der Waals surface area contributed by atoms with Gasteiger partial charge >= 0.3 is 11.8 Å². The number of amides is 2. The third kappa shape index (κ3) is 7.26. The van der Waals surface area contributed by atoms with E-state index >= 15 is 0 Å². The predicted molar refractivity (Wildman–Crippen MR) is 201 cm³/mol. The molecule has 0 aliphatic carbocycles. The number of benzene rings is 4. The van der Waals surface area contributed by atoms with Crippen LogP contribution >= 0.6 is 23.2 Å². The third-order valence-electron chi connectivity index (χ3n) is 9.87. The molecule has 0 saturated heterocycles. The van der Waals surface area contributed by atoms with Gasteiger partial charge in [-0.25, -0.2) is 0 Å². The van der Waals surface area contributed by atoms with Crippen LogP contribution in [0.15, 0.2) is 60.7 Å². The number of halogens is 2. The van der Waals surface area contributed by atoms with E-state index in [0.717, 1.165) is 24.0 Å². The van der Waals surface area contributed by atoms with E-state index in [1.165, 1.54) is 9.59 Å². The molecule has 0 spiro atoms. The standard InChI is InChI=1S/C38H40Cl2N8O4/c1-7-37(3,4)23-13-21(33(49)31(15-23)47-43-27-11-9-25(39)17-29(27)45-47)19-41-35(51)36(52)42-20-22-14-24(38(5,6)8-2)16-32(34(22)50)48-44-28-12-10-26(40)18-30(28)46-48/h9-18,49-50H,7-8,19-20H2,1-6H3,(H,41,51)(H,42,52). The maximum absolute atomic E-state index is 13.1. The van der Waals surface area contributed by atoms with Gasteiger partial charge < -0.3 is 20.8 Å². The maximum Gasteiger partial charge on any atom is 0.309 e. The molecule has 0 atom stereocenters. The molecule has 0 fully saturated rings. The van der Waals surface area contributed by atoms with Gasteiger partial charge in [0.05, 0.1) is 0 Å². The second kappa shape index (κ2) is 14.1. The number of hydrogen-bond donors (Lipinski definition) is 4. The monoisotopic (exact) mass is 742 g/mol. The van der Waals surface area contributed by atoms with Crippen LogP contribution in [-0.2, 0) is 33.5 Å². The molecule has 6 rings (SSSR count). The molecule has 14 heteroatoms. The molecule has 0 aliphatic rings. The fraction of sp³-hybridized carbons (Fsp3) is 0.316. The SMILES string of the molecule is CCC(C)(C)c1cc(CNC(=O)C(=O)NCc2cc(C(C)(C)CC)cc(-n3nc4ccc(Cl)cc4n3)c2O)c(O)c(-n2nc3ccc(Cl)cc3n2)c1. The Morgan fingerprint density at radius 2 is 0.981 bits per heavy atom. The van der Waals surface area contributed by atoms with Crippen molar-refractivity contribution in [1.82, 2.24) is 40.6 Å². The number of phenols is 2. The van der Waals surface area contributed by atoms with E-state index in [4.69, 9.17) is 23.2 Å². The first-order valence-electron chi connectivity index (χ1n) is 16.9. The van der Waals surface area contributed by atoms with Gasteiger partial charge in [0.1, 0.15) is 44.9 Å². The number of carbonyl (C=O) groups excluding carboxylic acids is 2. The minimum atomic E-state index is -0.916. The van der Waals surface area contributed by atoms with Crippen molar-refractivity contribution in [3.8, 4) is 22.9 Å². The largest absolute Gasteiger partial charge is 0.505 e. The van der Waals surface area contributed by atoms with Gasteiger partial charge in [-0.1, -0.05) is 64.7 Å². The Morgan fingerprint density at radius 3 is 1.35 bits per heavy atom. The summed E-state index contributed by atoms with van der Waals surface area (Å²) in [6.07, 6.45) is 1.59. The van der Waals surface area contributed by atoms with E-state index in [2.05, 4.69) is 72.6 Å². The normalized spacial score (nSPS) is 12.1. The van der Waals surface area contributed by atoms with Crippen LogP contribution in [-0.4, -0.2) is 52.0 Å².